The van der Waals surface area contributed by atoms with Crippen molar-refractivity contribution in [2.24, 2.45) is 0 Å². The van der Waals surface area contributed by atoms with Gasteiger partial charge in [-0.25, -0.2) is 0 Å². The number of halogens is 3. The lowest BCUT2D eigenvalue weighted by Gasteiger charge is -2.14. The number of allylic oxidation sites excluding steroid dienone is 1. The highest BCUT2D eigenvalue weighted by atomic mass is 19.4. The van der Waals surface area contributed by atoms with Gasteiger partial charge in [-0.2, -0.15) is 13.2 Å². The Morgan fingerprint density at radius 1 is 0.952 bits per heavy atom. The molecule has 0 aliphatic heterocycles. The van der Waals surface area contributed by atoms with Crippen molar-refractivity contribution in [3.8, 4) is 0 Å². The molecule has 0 saturated carbocycles. The van der Waals surface area contributed by atoms with Gasteiger partial charge >= 0.3 is 6.18 Å². The van der Waals surface area contributed by atoms with Crippen molar-refractivity contribution in [1.82, 2.24) is 0 Å². The van der Waals surface area contributed by atoms with Crippen molar-refractivity contribution < 1.29 is 18.3 Å². The minimum Gasteiger partial charge on any atom is -0.388 e. The van der Waals surface area contributed by atoms with Gasteiger partial charge in [0, 0.05) is 0 Å². The van der Waals surface area contributed by atoms with Crippen LogP contribution in [0.15, 0.2) is 66.7 Å². The fraction of sp³-hybridized carbons (Fsp3) is 0.176. The summed E-state index contributed by atoms with van der Waals surface area (Å²) in [7, 11) is 0. The molecule has 2 aromatic rings. The third-order valence-corrected chi connectivity index (χ3v) is 3.12. The largest absolute Gasteiger partial charge is 0.416 e. The van der Waals surface area contributed by atoms with Crippen LogP contribution in [0.25, 0.3) is 5.57 Å². The van der Waals surface area contributed by atoms with Crippen LogP contribution in [0.3, 0.4) is 0 Å². The molecule has 0 aliphatic carbocycles. The quantitative estimate of drug-likeness (QED) is 0.861. The SMILES string of the molecule is OC(C/C=C(\c1ccccc1)C(F)(F)F)c1ccccc1. The molecule has 0 aromatic heterocycles. The molecule has 0 saturated heterocycles. The van der Waals surface area contributed by atoms with E-state index in [2.05, 4.69) is 0 Å². The lowest BCUT2D eigenvalue weighted by molar-refractivity contribution is -0.0691. The Morgan fingerprint density at radius 3 is 2.00 bits per heavy atom. The zero-order valence-corrected chi connectivity index (χ0v) is 11.2. The highest BCUT2D eigenvalue weighted by Gasteiger charge is 2.34. The van der Waals surface area contributed by atoms with Gasteiger partial charge in [-0.3, -0.25) is 0 Å². The van der Waals surface area contributed by atoms with Crippen molar-refractivity contribution >= 4 is 5.57 Å². The van der Waals surface area contributed by atoms with Gasteiger partial charge in [0.05, 0.1) is 11.7 Å². The Bertz CT molecular complexity index is 588. The molecule has 0 fully saturated rings. The number of aliphatic hydroxyl groups excluding tert-OH is 1. The topological polar surface area (TPSA) is 20.2 Å². The van der Waals surface area contributed by atoms with Gasteiger partial charge in [0.2, 0.25) is 0 Å². The molecule has 1 nitrogen and oxygen atoms in total. The minimum atomic E-state index is -4.45. The van der Waals surface area contributed by atoms with Crippen LogP contribution >= 0.6 is 0 Å². The molecular formula is C17H15F3O. The van der Waals surface area contributed by atoms with Crippen LogP contribution in [0.5, 0.6) is 0 Å². The molecule has 4 heteroatoms. The summed E-state index contributed by atoms with van der Waals surface area (Å²) in [4.78, 5) is 0. The predicted octanol–water partition coefficient (Wildman–Crippen LogP) is 4.76. The van der Waals surface area contributed by atoms with E-state index in [0.29, 0.717) is 5.56 Å². The summed E-state index contributed by atoms with van der Waals surface area (Å²) in [6.07, 6.45) is -4.44. The number of rotatable bonds is 4. The molecule has 1 unspecified atom stereocenters. The van der Waals surface area contributed by atoms with E-state index in [9.17, 15) is 18.3 Å². The number of alkyl halides is 3. The van der Waals surface area contributed by atoms with E-state index in [1.54, 1.807) is 48.5 Å². The molecule has 1 N–H and O–H groups in total. The molecule has 1 atom stereocenters. The predicted molar refractivity (Wildman–Crippen MR) is 76.5 cm³/mol. The first-order valence-corrected chi connectivity index (χ1v) is 6.54. The minimum absolute atomic E-state index is 0.0895. The van der Waals surface area contributed by atoms with Crippen LogP contribution < -0.4 is 0 Å². The van der Waals surface area contributed by atoms with E-state index >= 15 is 0 Å². The summed E-state index contributed by atoms with van der Waals surface area (Å²) in [6.45, 7) is 0. The molecule has 21 heavy (non-hydrogen) atoms. The molecule has 0 amide bonds. The van der Waals surface area contributed by atoms with Crippen molar-refractivity contribution in [3.63, 3.8) is 0 Å². The first-order chi connectivity index (χ1) is 9.98. The number of benzene rings is 2. The molecule has 0 spiro atoms. The summed E-state index contributed by atoms with van der Waals surface area (Å²) in [5.74, 6) is 0. The van der Waals surface area contributed by atoms with Gasteiger partial charge < -0.3 is 5.11 Å². The Kier molecular flexibility index (Phi) is 4.81. The van der Waals surface area contributed by atoms with Gasteiger partial charge in [0.25, 0.3) is 0 Å². The standard InChI is InChI=1S/C17H15F3O/c18-17(19,20)15(13-7-3-1-4-8-13)11-12-16(21)14-9-5-2-6-10-14/h1-11,16,21H,12H2/b15-11+. The highest BCUT2D eigenvalue weighted by molar-refractivity contribution is 5.69. The summed E-state index contributed by atoms with van der Waals surface area (Å²) in [5, 5.41) is 9.97. The maximum Gasteiger partial charge on any atom is 0.416 e. The van der Waals surface area contributed by atoms with E-state index < -0.39 is 17.9 Å². The van der Waals surface area contributed by atoms with Gasteiger partial charge in [-0.1, -0.05) is 66.7 Å². The summed E-state index contributed by atoms with van der Waals surface area (Å²) >= 11 is 0. The van der Waals surface area contributed by atoms with Crippen molar-refractivity contribution in [2.75, 3.05) is 0 Å². The monoisotopic (exact) mass is 292 g/mol. The Balaban J connectivity index is 2.22. The maximum atomic E-state index is 13.1. The maximum absolute atomic E-state index is 13.1. The molecule has 0 heterocycles. The second-order valence-electron chi connectivity index (χ2n) is 4.64. The zero-order valence-electron chi connectivity index (χ0n) is 11.2. The average Bonchev–Trinajstić information content (AvgIpc) is 2.48. The number of hydrogen-bond acceptors (Lipinski definition) is 1. The van der Waals surface area contributed by atoms with Gasteiger partial charge in [-0.15, -0.1) is 0 Å². The first kappa shape index (κ1) is 15.3. The third kappa shape index (κ3) is 4.20. The van der Waals surface area contributed by atoms with Crippen LogP contribution in [-0.4, -0.2) is 11.3 Å². The van der Waals surface area contributed by atoms with Crippen molar-refractivity contribution in [2.45, 2.75) is 18.7 Å². The van der Waals surface area contributed by atoms with E-state index in [-0.39, 0.29) is 12.0 Å². The first-order valence-electron chi connectivity index (χ1n) is 6.54. The summed E-state index contributed by atoms with van der Waals surface area (Å²) in [5.41, 5.74) is -0.0216. The fourth-order valence-electron chi connectivity index (χ4n) is 2.06. The molecule has 0 radical (unpaired) electrons. The highest BCUT2D eigenvalue weighted by Crippen LogP contribution is 2.35. The Labute approximate surface area is 121 Å². The van der Waals surface area contributed by atoms with E-state index in [1.807, 2.05) is 0 Å². The van der Waals surface area contributed by atoms with E-state index in [1.165, 1.54) is 12.1 Å². The Hall–Kier alpha value is -2.07. The third-order valence-electron chi connectivity index (χ3n) is 3.12. The molecule has 2 rings (SSSR count). The molecule has 2 aromatic carbocycles. The van der Waals surface area contributed by atoms with Crippen LogP contribution in [0.1, 0.15) is 23.7 Å². The van der Waals surface area contributed by atoms with Crippen LogP contribution in [0.4, 0.5) is 13.2 Å². The van der Waals surface area contributed by atoms with Crippen molar-refractivity contribution in [3.05, 3.63) is 77.9 Å². The van der Waals surface area contributed by atoms with Gasteiger partial charge in [0.15, 0.2) is 0 Å². The van der Waals surface area contributed by atoms with Crippen molar-refractivity contribution in [1.29, 1.82) is 0 Å². The lowest BCUT2D eigenvalue weighted by Crippen LogP contribution is -2.11. The van der Waals surface area contributed by atoms with E-state index in [4.69, 9.17) is 0 Å². The van der Waals surface area contributed by atoms with E-state index in [0.717, 1.165) is 6.08 Å². The second-order valence-corrected chi connectivity index (χ2v) is 4.64. The Morgan fingerprint density at radius 2 is 1.48 bits per heavy atom. The normalized spacial score (nSPS) is 14.0. The molecule has 110 valence electrons. The second kappa shape index (κ2) is 6.59. The number of hydrogen-bond donors (Lipinski definition) is 1. The van der Waals surface area contributed by atoms with Crippen LogP contribution in [0, 0.1) is 0 Å². The van der Waals surface area contributed by atoms with Crippen LogP contribution in [-0.2, 0) is 0 Å². The van der Waals surface area contributed by atoms with Gasteiger partial charge in [0.1, 0.15) is 0 Å². The average molecular weight is 292 g/mol. The van der Waals surface area contributed by atoms with Gasteiger partial charge in [-0.05, 0) is 17.5 Å². The molecule has 0 bridgehead atoms. The van der Waals surface area contributed by atoms with Crippen LogP contribution in [0.2, 0.25) is 0 Å². The summed E-state index contributed by atoms with van der Waals surface area (Å²) < 4.78 is 39.3. The molecule has 0 aliphatic rings. The molecular weight excluding hydrogens is 277 g/mol. The summed E-state index contributed by atoms with van der Waals surface area (Å²) in [6, 6.07) is 16.2. The smallest absolute Gasteiger partial charge is 0.388 e. The fourth-order valence-corrected chi connectivity index (χ4v) is 2.06. The zero-order chi connectivity index (χ0) is 15.3. The number of aliphatic hydroxyl groups is 1. The lowest BCUT2D eigenvalue weighted by atomic mass is 10.0.